The van der Waals surface area contributed by atoms with E-state index in [1.807, 2.05) is 0 Å². The first kappa shape index (κ1) is 11.7. The predicted molar refractivity (Wildman–Crippen MR) is 43.2 cm³/mol. The van der Waals surface area contributed by atoms with Gasteiger partial charge >= 0.3 is 6.18 Å². The Balaban J connectivity index is 4.14. The minimum atomic E-state index is -4.31. The summed E-state index contributed by atoms with van der Waals surface area (Å²) in [6.07, 6.45) is -4.31. The molecule has 0 aromatic carbocycles. The Hall–Kier alpha value is -0.265. The lowest BCUT2D eigenvalue weighted by Gasteiger charge is -2.25. The fourth-order valence-corrected chi connectivity index (χ4v) is 0.962. The minimum Gasteiger partial charge on any atom is -0.320 e. The molecule has 0 fully saturated rings. The van der Waals surface area contributed by atoms with E-state index in [1.54, 1.807) is 12.3 Å². The van der Waals surface area contributed by atoms with Crippen LogP contribution >= 0.6 is 0 Å². The van der Waals surface area contributed by atoms with Gasteiger partial charge in [-0.25, -0.2) is 5.43 Å². The van der Waals surface area contributed by atoms with Crippen molar-refractivity contribution in [2.75, 3.05) is 6.54 Å². The molecule has 0 heterocycles. The van der Waals surface area contributed by atoms with Crippen molar-refractivity contribution in [3.05, 3.63) is 0 Å². The maximum absolute atomic E-state index is 12.1. The molecule has 3 nitrogen and oxygen atoms in total. The summed E-state index contributed by atoms with van der Waals surface area (Å²) in [6.45, 7) is 2.22. The van der Waals surface area contributed by atoms with Crippen molar-refractivity contribution in [1.82, 2.24) is 10.7 Å². The predicted octanol–water partition coefficient (Wildman–Crippen LogP) is -1.05. The lowest BCUT2D eigenvalue weighted by molar-refractivity contribution is -0.157. The Morgan fingerprint density at radius 1 is 1.50 bits per heavy atom. The first-order chi connectivity index (χ1) is 5.43. The van der Waals surface area contributed by atoms with Crippen LogP contribution in [-0.2, 0) is 0 Å². The molecule has 0 aliphatic carbocycles. The second-order valence-electron chi connectivity index (χ2n) is 2.53. The van der Waals surface area contributed by atoms with Crippen LogP contribution in [0.25, 0.3) is 0 Å². The first-order valence-electron chi connectivity index (χ1n) is 3.69. The summed E-state index contributed by atoms with van der Waals surface area (Å²) in [7, 11) is 1.43. The van der Waals surface area contributed by atoms with Gasteiger partial charge in [-0.15, -0.1) is 0 Å². The van der Waals surface area contributed by atoms with Gasteiger partial charge in [0, 0.05) is 5.94 Å². The van der Waals surface area contributed by atoms with Crippen molar-refractivity contribution in [3.63, 3.8) is 0 Å². The highest BCUT2D eigenvalue weighted by molar-refractivity contribution is 6.12. The summed E-state index contributed by atoms with van der Waals surface area (Å²) in [4.78, 5) is 0. The third-order valence-corrected chi connectivity index (χ3v) is 1.56. The Bertz CT molecular complexity index is 130. The average molecular weight is 183 g/mol. The van der Waals surface area contributed by atoms with Crippen LogP contribution < -0.4 is 16.6 Å². The summed E-state index contributed by atoms with van der Waals surface area (Å²) in [5.74, 6) is 4.06. The van der Waals surface area contributed by atoms with Crippen LogP contribution in [0.5, 0.6) is 0 Å². The molecule has 0 aromatic rings. The number of hydrogen-bond donors (Lipinski definition) is 3. The summed E-state index contributed by atoms with van der Waals surface area (Å²) >= 11 is 0. The molecule has 2 unspecified atom stereocenters. The van der Waals surface area contributed by atoms with Crippen molar-refractivity contribution < 1.29 is 13.2 Å². The topological polar surface area (TPSA) is 50.1 Å². The normalized spacial score (nSPS) is 17.4. The molecule has 0 amide bonds. The zero-order valence-electron chi connectivity index (χ0n) is 7.07. The Morgan fingerprint density at radius 3 is 2.25 bits per heavy atom. The number of hydrogen-bond acceptors (Lipinski definition) is 3. The largest absolute Gasteiger partial charge is 0.405 e. The van der Waals surface area contributed by atoms with Crippen LogP contribution in [0.4, 0.5) is 13.2 Å². The van der Waals surface area contributed by atoms with Crippen LogP contribution in [0.2, 0.25) is 0 Å². The van der Waals surface area contributed by atoms with Crippen molar-refractivity contribution >= 4 is 7.85 Å². The molecule has 0 aliphatic heterocycles. The van der Waals surface area contributed by atoms with Crippen LogP contribution in [-0.4, -0.2) is 32.6 Å². The fourth-order valence-electron chi connectivity index (χ4n) is 0.962. The van der Waals surface area contributed by atoms with Gasteiger partial charge in [-0.2, -0.15) is 13.2 Å². The highest BCUT2D eigenvalue weighted by atomic mass is 19.4. The third-order valence-electron chi connectivity index (χ3n) is 1.56. The molecule has 0 rings (SSSR count). The van der Waals surface area contributed by atoms with Crippen molar-refractivity contribution in [2.24, 2.45) is 5.84 Å². The van der Waals surface area contributed by atoms with Crippen molar-refractivity contribution in [1.29, 1.82) is 0 Å². The standard InChI is InChI=1S/C5H13BF3N3/c1-2-11-4(6)3(12-10)5(7,8)9/h3-4,11-12H,2,6,10H2,1H3. The lowest BCUT2D eigenvalue weighted by Crippen LogP contribution is -2.58. The van der Waals surface area contributed by atoms with Crippen molar-refractivity contribution in [3.8, 4) is 0 Å². The van der Waals surface area contributed by atoms with Crippen LogP contribution in [0.3, 0.4) is 0 Å². The molecule has 72 valence electrons. The van der Waals surface area contributed by atoms with Gasteiger partial charge in [-0.1, -0.05) is 6.92 Å². The summed E-state index contributed by atoms with van der Waals surface area (Å²) in [6, 6.07) is -1.70. The lowest BCUT2D eigenvalue weighted by atomic mass is 9.89. The van der Waals surface area contributed by atoms with E-state index < -0.39 is 18.2 Å². The first-order valence-corrected chi connectivity index (χ1v) is 3.69. The van der Waals surface area contributed by atoms with E-state index in [0.29, 0.717) is 6.54 Å². The molecular weight excluding hydrogens is 170 g/mol. The molecule has 0 radical (unpaired) electrons. The molecule has 0 aromatic heterocycles. The highest BCUT2D eigenvalue weighted by Crippen LogP contribution is 2.20. The average Bonchev–Trinajstić information content (AvgIpc) is 1.85. The second kappa shape index (κ2) is 4.69. The smallest absolute Gasteiger partial charge is 0.320 e. The molecule has 4 N–H and O–H groups in total. The minimum absolute atomic E-state index is 0.482. The van der Waals surface area contributed by atoms with Gasteiger partial charge < -0.3 is 5.32 Å². The number of halogens is 3. The molecule has 0 saturated heterocycles. The van der Waals surface area contributed by atoms with Gasteiger partial charge in [0.05, 0.1) is 0 Å². The third kappa shape index (κ3) is 3.42. The van der Waals surface area contributed by atoms with E-state index in [4.69, 9.17) is 5.84 Å². The molecule has 2 atom stereocenters. The number of likely N-dealkylation sites (N-methyl/N-ethyl adjacent to an activating group) is 1. The fraction of sp³-hybridized carbons (Fsp3) is 1.00. The van der Waals surface area contributed by atoms with E-state index >= 15 is 0 Å². The molecule has 0 bridgehead atoms. The summed E-state index contributed by atoms with van der Waals surface area (Å²) in [5, 5.41) is 2.64. The molecule has 12 heavy (non-hydrogen) atoms. The van der Waals surface area contributed by atoms with Crippen molar-refractivity contribution in [2.45, 2.75) is 25.1 Å². The Labute approximate surface area is 70.3 Å². The van der Waals surface area contributed by atoms with Crippen LogP contribution in [0.15, 0.2) is 0 Å². The van der Waals surface area contributed by atoms with Gasteiger partial charge in [0.2, 0.25) is 0 Å². The maximum Gasteiger partial charge on any atom is 0.405 e. The Kier molecular flexibility index (Phi) is 4.58. The van der Waals surface area contributed by atoms with Gasteiger partial charge in [-0.3, -0.25) is 5.84 Å². The monoisotopic (exact) mass is 183 g/mol. The molecular formula is C5H13BF3N3. The highest BCUT2D eigenvalue weighted by Gasteiger charge is 2.41. The zero-order chi connectivity index (χ0) is 9.78. The van der Waals surface area contributed by atoms with Crippen LogP contribution in [0, 0.1) is 0 Å². The maximum atomic E-state index is 12.1. The number of hydrazine groups is 1. The number of alkyl halides is 3. The van der Waals surface area contributed by atoms with E-state index in [0.717, 1.165) is 0 Å². The molecule has 0 spiro atoms. The second-order valence-corrected chi connectivity index (χ2v) is 2.53. The summed E-state index contributed by atoms with van der Waals surface area (Å²) in [5.41, 5.74) is 1.74. The van der Waals surface area contributed by atoms with Gasteiger partial charge in [-0.05, 0) is 6.54 Å². The molecule has 0 aliphatic rings. The molecule has 7 heteroatoms. The zero-order valence-corrected chi connectivity index (χ0v) is 7.07. The SMILES string of the molecule is BC(NCC)C(NN)C(F)(F)F. The van der Waals surface area contributed by atoms with Crippen LogP contribution in [0.1, 0.15) is 6.92 Å². The van der Waals surface area contributed by atoms with Gasteiger partial charge in [0.15, 0.2) is 0 Å². The molecule has 0 saturated carbocycles. The van der Waals surface area contributed by atoms with E-state index in [2.05, 4.69) is 5.32 Å². The van der Waals surface area contributed by atoms with E-state index in [9.17, 15) is 13.2 Å². The summed E-state index contributed by atoms with van der Waals surface area (Å²) < 4.78 is 36.3. The Morgan fingerprint density at radius 2 is 2.00 bits per heavy atom. The van der Waals surface area contributed by atoms with E-state index in [-0.39, 0.29) is 0 Å². The number of nitrogens with one attached hydrogen (secondary N) is 2. The van der Waals surface area contributed by atoms with Gasteiger partial charge in [0.1, 0.15) is 13.9 Å². The van der Waals surface area contributed by atoms with Gasteiger partial charge in [0.25, 0.3) is 0 Å². The number of nitrogens with two attached hydrogens (primary N) is 1. The quantitative estimate of drug-likeness (QED) is 0.296. The van der Waals surface area contributed by atoms with E-state index in [1.165, 1.54) is 7.85 Å². The number of rotatable bonds is 4.